The monoisotopic (exact) mass is 317 g/mol. The van der Waals surface area contributed by atoms with Crippen molar-refractivity contribution in [3.8, 4) is 0 Å². The number of carbonyl (C=O) groups is 2. The van der Waals surface area contributed by atoms with Crippen molar-refractivity contribution >= 4 is 34.2 Å². The quantitative estimate of drug-likeness (QED) is 0.850. The number of anilines is 2. The highest BCUT2D eigenvalue weighted by Crippen LogP contribution is 2.42. The van der Waals surface area contributed by atoms with Crippen molar-refractivity contribution in [2.45, 2.75) is 12.3 Å². The van der Waals surface area contributed by atoms with Crippen LogP contribution >= 0.6 is 11.3 Å². The third-order valence-corrected chi connectivity index (χ3v) is 4.75. The standard InChI is InChI=1S/C15H15N3O3S/c1-16-15-18-13-12(22-15)10(7-11(19)17-13)8-3-5-9(6-4-8)14(20)21-2/h3-6,10H,7H2,1-2H3,(H,16,18)(H,17,19)/t10-/m1/s1. The summed E-state index contributed by atoms with van der Waals surface area (Å²) in [4.78, 5) is 28.8. The summed E-state index contributed by atoms with van der Waals surface area (Å²) in [6, 6.07) is 7.15. The van der Waals surface area contributed by atoms with Gasteiger partial charge >= 0.3 is 5.97 Å². The molecule has 22 heavy (non-hydrogen) atoms. The topological polar surface area (TPSA) is 80.3 Å². The number of ether oxygens (including phenoxy) is 1. The van der Waals surface area contributed by atoms with E-state index in [4.69, 9.17) is 4.74 Å². The summed E-state index contributed by atoms with van der Waals surface area (Å²) < 4.78 is 4.69. The maximum Gasteiger partial charge on any atom is 0.337 e. The van der Waals surface area contributed by atoms with Gasteiger partial charge in [0.2, 0.25) is 5.91 Å². The Morgan fingerprint density at radius 1 is 1.41 bits per heavy atom. The van der Waals surface area contributed by atoms with Crippen molar-refractivity contribution in [1.29, 1.82) is 0 Å². The van der Waals surface area contributed by atoms with Gasteiger partial charge in [-0.1, -0.05) is 23.5 Å². The van der Waals surface area contributed by atoms with Gasteiger partial charge in [0.05, 0.1) is 17.6 Å². The normalized spacial score (nSPS) is 16.6. The molecule has 2 N–H and O–H groups in total. The molecule has 2 aromatic rings. The van der Waals surface area contributed by atoms with Crippen LogP contribution in [-0.2, 0) is 9.53 Å². The lowest BCUT2D eigenvalue weighted by Gasteiger charge is -2.21. The smallest absolute Gasteiger partial charge is 0.337 e. The number of fused-ring (bicyclic) bond motifs is 1. The molecule has 0 radical (unpaired) electrons. The first kappa shape index (κ1) is 14.5. The zero-order chi connectivity index (χ0) is 15.7. The molecule has 0 saturated heterocycles. The average molecular weight is 317 g/mol. The zero-order valence-corrected chi connectivity index (χ0v) is 13.0. The van der Waals surface area contributed by atoms with Crippen molar-refractivity contribution in [2.24, 2.45) is 0 Å². The van der Waals surface area contributed by atoms with Crippen molar-refractivity contribution in [1.82, 2.24) is 4.98 Å². The Hall–Kier alpha value is -2.41. The lowest BCUT2D eigenvalue weighted by molar-refractivity contribution is -0.116. The van der Waals surface area contributed by atoms with Gasteiger partial charge in [-0.2, -0.15) is 0 Å². The fourth-order valence-electron chi connectivity index (χ4n) is 2.46. The predicted molar refractivity (Wildman–Crippen MR) is 84.5 cm³/mol. The van der Waals surface area contributed by atoms with Crippen molar-refractivity contribution < 1.29 is 14.3 Å². The van der Waals surface area contributed by atoms with Crippen LogP contribution in [0.5, 0.6) is 0 Å². The molecule has 0 bridgehead atoms. The van der Waals surface area contributed by atoms with E-state index in [-0.39, 0.29) is 17.8 Å². The largest absolute Gasteiger partial charge is 0.465 e. The summed E-state index contributed by atoms with van der Waals surface area (Å²) in [5.74, 6) is 0.147. The fourth-order valence-corrected chi connectivity index (χ4v) is 3.47. The number of hydrogen-bond acceptors (Lipinski definition) is 6. The van der Waals surface area contributed by atoms with Crippen molar-refractivity contribution in [3.05, 3.63) is 40.3 Å². The van der Waals surface area contributed by atoms with Gasteiger partial charge in [0.15, 0.2) is 5.13 Å². The second kappa shape index (κ2) is 5.76. The maximum absolute atomic E-state index is 11.9. The van der Waals surface area contributed by atoms with E-state index < -0.39 is 0 Å². The Labute approximate surface area is 131 Å². The van der Waals surface area contributed by atoms with Crippen LogP contribution in [0.25, 0.3) is 0 Å². The SMILES string of the molecule is CNc1nc2c(s1)[C@@H](c1ccc(C(=O)OC)cc1)CC(=O)N2. The van der Waals surface area contributed by atoms with E-state index in [2.05, 4.69) is 15.6 Å². The summed E-state index contributed by atoms with van der Waals surface area (Å²) in [7, 11) is 3.15. The lowest BCUT2D eigenvalue weighted by atomic mass is 9.91. The molecule has 7 heteroatoms. The highest BCUT2D eigenvalue weighted by Gasteiger charge is 2.30. The number of nitrogens with one attached hydrogen (secondary N) is 2. The van der Waals surface area contributed by atoms with Crippen molar-refractivity contribution in [3.63, 3.8) is 0 Å². The highest BCUT2D eigenvalue weighted by molar-refractivity contribution is 7.16. The summed E-state index contributed by atoms with van der Waals surface area (Å²) in [6.07, 6.45) is 0.371. The average Bonchev–Trinajstić information content (AvgIpc) is 2.96. The molecule has 2 heterocycles. The molecule has 3 rings (SSSR count). The molecular weight excluding hydrogens is 302 g/mol. The molecule has 0 unspecified atom stereocenters. The van der Waals surface area contributed by atoms with Crippen LogP contribution < -0.4 is 10.6 Å². The molecule has 114 valence electrons. The van der Waals surface area contributed by atoms with Gasteiger partial charge in [-0.3, -0.25) is 4.79 Å². The summed E-state index contributed by atoms with van der Waals surface area (Å²) >= 11 is 1.53. The number of esters is 1. The van der Waals surface area contributed by atoms with Crippen LogP contribution in [-0.4, -0.2) is 31.0 Å². The van der Waals surface area contributed by atoms with Gasteiger partial charge in [0, 0.05) is 19.4 Å². The Bertz CT molecular complexity index is 724. The van der Waals surface area contributed by atoms with E-state index in [9.17, 15) is 9.59 Å². The first-order valence-corrected chi connectivity index (χ1v) is 7.60. The summed E-state index contributed by atoms with van der Waals surface area (Å²) in [5, 5.41) is 6.56. The van der Waals surface area contributed by atoms with Gasteiger partial charge in [-0.15, -0.1) is 0 Å². The highest BCUT2D eigenvalue weighted by atomic mass is 32.1. The van der Waals surface area contributed by atoms with Gasteiger partial charge < -0.3 is 15.4 Å². The molecule has 0 spiro atoms. The number of amides is 1. The predicted octanol–water partition coefficient (Wildman–Crippen LogP) is 2.45. The minimum atomic E-state index is -0.371. The summed E-state index contributed by atoms with van der Waals surface area (Å²) in [6.45, 7) is 0. The first-order chi connectivity index (χ1) is 10.6. The molecule has 1 aromatic heterocycles. The molecule has 1 aliphatic heterocycles. The van der Waals surface area contributed by atoms with Crippen LogP contribution in [0, 0.1) is 0 Å². The summed E-state index contributed by atoms with van der Waals surface area (Å²) in [5.41, 5.74) is 1.47. The van der Waals surface area contributed by atoms with Crippen molar-refractivity contribution in [2.75, 3.05) is 24.8 Å². The van der Waals surface area contributed by atoms with E-state index >= 15 is 0 Å². The number of methoxy groups -OCH3 is 1. The van der Waals surface area contributed by atoms with Gasteiger partial charge in [-0.05, 0) is 17.7 Å². The minimum absolute atomic E-state index is 0.0463. The maximum atomic E-state index is 11.9. The Morgan fingerprint density at radius 3 is 2.77 bits per heavy atom. The van der Waals surface area contributed by atoms with Gasteiger partial charge in [0.25, 0.3) is 0 Å². The van der Waals surface area contributed by atoms with Crippen LogP contribution in [0.15, 0.2) is 24.3 Å². The first-order valence-electron chi connectivity index (χ1n) is 6.79. The minimum Gasteiger partial charge on any atom is -0.465 e. The zero-order valence-electron chi connectivity index (χ0n) is 12.2. The number of benzene rings is 1. The van der Waals surface area contributed by atoms with Crippen LogP contribution in [0.1, 0.15) is 33.1 Å². The number of nitrogens with zero attached hydrogens (tertiary/aromatic N) is 1. The molecule has 6 nitrogen and oxygen atoms in total. The molecular formula is C15H15N3O3S. The fraction of sp³-hybridized carbons (Fsp3) is 0.267. The van der Waals surface area contributed by atoms with Crippen LogP contribution in [0.3, 0.4) is 0 Å². The van der Waals surface area contributed by atoms with E-state index in [0.717, 1.165) is 15.6 Å². The Balaban J connectivity index is 1.96. The molecule has 0 fully saturated rings. The van der Waals surface area contributed by atoms with Crippen LogP contribution in [0.4, 0.5) is 10.9 Å². The van der Waals surface area contributed by atoms with E-state index in [1.54, 1.807) is 19.2 Å². The number of rotatable bonds is 3. The second-order valence-corrected chi connectivity index (χ2v) is 5.93. The number of carbonyl (C=O) groups excluding carboxylic acids is 2. The third kappa shape index (κ3) is 2.55. The molecule has 0 saturated carbocycles. The Morgan fingerprint density at radius 2 is 2.14 bits per heavy atom. The number of aromatic nitrogens is 1. The molecule has 1 amide bonds. The van der Waals surface area contributed by atoms with Gasteiger partial charge in [-0.25, -0.2) is 9.78 Å². The lowest BCUT2D eigenvalue weighted by Crippen LogP contribution is -2.22. The van der Waals surface area contributed by atoms with E-state index in [0.29, 0.717) is 17.8 Å². The molecule has 0 aliphatic carbocycles. The molecule has 1 aromatic carbocycles. The molecule has 1 atom stereocenters. The third-order valence-electron chi connectivity index (χ3n) is 3.57. The number of thiazole rings is 1. The van der Waals surface area contributed by atoms with Gasteiger partial charge in [0.1, 0.15) is 5.82 Å². The molecule has 1 aliphatic rings. The Kier molecular flexibility index (Phi) is 3.81. The van der Waals surface area contributed by atoms with E-state index in [1.165, 1.54) is 18.4 Å². The van der Waals surface area contributed by atoms with E-state index in [1.807, 2.05) is 12.1 Å². The second-order valence-electron chi connectivity index (χ2n) is 4.90. The number of hydrogen-bond donors (Lipinski definition) is 2. The van der Waals surface area contributed by atoms with Crippen LogP contribution in [0.2, 0.25) is 0 Å².